The van der Waals surface area contributed by atoms with E-state index in [0.717, 1.165) is 30.6 Å². The number of nitrogens with one attached hydrogen (secondary N) is 2. The molecule has 1 amide bonds. The van der Waals surface area contributed by atoms with Gasteiger partial charge < -0.3 is 15.2 Å². The van der Waals surface area contributed by atoms with Gasteiger partial charge in [-0.3, -0.25) is 4.79 Å². The Kier molecular flexibility index (Phi) is 3.78. The Morgan fingerprint density at radius 3 is 2.75 bits per heavy atom. The quantitative estimate of drug-likeness (QED) is 0.887. The molecule has 2 aliphatic rings. The molecule has 0 aliphatic carbocycles. The molecule has 110 valence electrons. The van der Waals surface area contributed by atoms with Gasteiger partial charge in [0.1, 0.15) is 11.4 Å². The number of carbonyl (C=O) groups is 1. The Morgan fingerprint density at radius 1 is 1.40 bits per heavy atom. The number of hydrogen-bond donors (Lipinski definition) is 2. The summed E-state index contributed by atoms with van der Waals surface area (Å²) in [5.74, 6) is 1.30. The van der Waals surface area contributed by atoms with Gasteiger partial charge in [-0.15, -0.1) is 0 Å². The number of fused-ring (bicyclic) bond motifs is 2. The molecular weight excluding hydrogens is 254 g/mol. The monoisotopic (exact) mass is 277 g/mol. The van der Waals surface area contributed by atoms with Crippen molar-refractivity contribution in [3.63, 3.8) is 0 Å². The molecule has 3 heterocycles. The predicted molar refractivity (Wildman–Crippen MR) is 76.5 cm³/mol. The summed E-state index contributed by atoms with van der Waals surface area (Å²) in [5.41, 5.74) is 1.61. The lowest BCUT2D eigenvalue weighted by Gasteiger charge is -2.28. The molecule has 5 nitrogen and oxygen atoms in total. The third-order valence-electron chi connectivity index (χ3n) is 4.58. The van der Waals surface area contributed by atoms with Crippen molar-refractivity contribution in [3.8, 4) is 0 Å². The molecule has 5 heteroatoms. The van der Waals surface area contributed by atoms with Crippen LogP contribution in [0.2, 0.25) is 0 Å². The van der Waals surface area contributed by atoms with Crippen LogP contribution in [0, 0.1) is 12.8 Å². The van der Waals surface area contributed by atoms with E-state index in [9.17, 15) is 4.79 Å². The molecule has 0 spiro atoms. The molecule has 20 heavy (non-hydrogen) atoms. The zero-order valence-corrected chi connectivity index (χ0v) is 12.2. The number of amides is 1. The van der Waals surface area contributed by atoms with Crippen LogP contribution >= 0.6 is 0 Å². The highest BCUT2D eigenvalue weighted by molar-refractivity contribution is 5.91. The number of hydrogen-bond acceptors (Lipinski definition) is 4. The number of aryl methyl sites for hydroxylation is 2. The van der Waals surface area contributed by atoms with Crippen molar-refractivity contribution in [2.75, 3.05) is 5.32 Å². The number of anilines is 1. The Balaban J connectivity index is 1.58. The minimum absolute atomic E-state index is 0.0947. The van der Waals surface area contributed by atoms with Gasteiger partial charge >= 0.3 is 0 Å². The van der Waals surface area contributed by atoms with Crippen LogP contribution in [0.1, 0.15) is 50.5 Å². The molecule has 0 aromatic carbocycles. The third-order valence-corrected chi connectivity index (χ3v) is 4.58. The lowest BCUT2D eigenvalue weighted by molar-refractivity contribution is -0.117. The van der Waals surface area contributed by atoms with E-state index in [2.05, 4.69) is 15.8 Å². The second-order valence-electron chi connectivity index (χ2n) is 6.14. The average molecular weight is 277 g/mol. The van der Waals surface area contributed by atoms with Crippen molar-refractivity contribution < 1.29 is 9.32 Å². The molecule has 2 fully saturated rings. The van der Waals surface area contributed by atoms with E-state index in [-0.39, 0.29) is 5.91 Å². The summed E-state index contributed by atoms with van der Waals surface area (Å²) in [6.45, 7) is 3.85. The number of piperidine rings is 1. The third kappa shape index (κ3) is 2.73. The fraction of sp³-hybridized carbons (Fsp3) is 0.733. The Labute approximate surface area is 119 Å². The van der Waals surface area contributed by atoms with E-state index in [1.807, 2.05) is 13.8 Å². The van der Waals surface area contributed by atoms with Crippen LogP contribution in [-0.4, -0.2) is 23.1 Å². The minimum Gasteiger partial charge on any atom is -0.359 e. The summed E-state index contributed by atoms with van der Waals surface area (Å²) in [7, 11) is 0. The Morgan fingerprint density at radius 2 is 2.10 bits per heavy atom. The second-order valence-corrected chi connectivity index (χ2v) is 6.14. The van der Waals surface area contributed by atoms with E-state index in [1.54, 1.807) is 0 Å². The molecule has 2 saturated heterocycles. The van der Waals surface area contributed by atoms with Crippen LogP contribution in [0.25, 0.3) is 0 Å². The molecule has 3 rings (SSSR count). The zero-order valence-electron chi connectivity index (χ0n) is 12.2. The first kappa shape index (κ1) is 13.6. The number of rotatable bonds is 4. The summed E-state index contributed by atoms with van der Waals surface area (Å²) < 4.78 is 5.15. The van der Waals surface area contributed by atoms with Gasteiger partial charge in [-0.05, 0) is 44.9 Å². The molecular formula is C15H23N3O2. The first-order valence-electron chi connectivity index (χ1n) is 7.66. The molecule has 1 aromatic heterocycles. The molecule has 1 aromatic rings. The van der Waals surface area contributed by atoms with Crippen molar-refractivity contribution >= 4 is 11.6 Å². The van der Waals surface area contributed by atoms with E-state index in [4.69, 9.17) is 4.52 Å². The highest BCUT2D eigenvalue weighted by atomic mass is 16.5. The Bertz CT molecular complexity index is 485. The normalized spacial score (nSPS) is 28.6. The van der Waals surface area contributed by atoms with E-state index >= 15 is 0 Å². The lowest BCUT2D eigenvalue weighted by Crippen LogP contribution is -2.39. The van der Waals surface area contributed by atoms with Gasteiger partial charge in [0.2, 0.25) is 5.91 Å². The van der Waals surface area contributed by atoms with Crippen LogP contribution in [0.5, 0.6) is 0 Å². The molecule has 2 bridgehead atoms. The van der Waals surface area contributed by atoms with Crippen LogP contribution in [0.3, 0.4) is 0 Å². The highest BCUT2D eigenvalue weighted by Crippen LogP contribution is 2.33. The van der Waals surface area contributed by atoms with Gasteiger partial charge in [-0.1, -0.05) is 12.1 Å². The highest BCUT2D eigenvalue weighted by Gasteiger charge is 2.34. The SMILES string of the molecule is CCc1noc(C)c1NC(=O)CC1CC2CCC(C1)N2. The average Bonchev–Trinajstić information content (AvgIpc) is 2.93. The van der Waals surface area contributed by atoms with Crippen LogP contribution in [0.4, 0.5) is 5.69 Å². The maximum absolute atomic E-state index is 12.2. The Hall–Kier alpha value is -1.36. The summed E-state index contributed by atoms with van der Waals surface area (Å²) >= 11 is 0. The maximum atomic E-state index is 12.2. The first-order valence-corrected chi connectivity index (χ1v) is 7.66. The summed E-state index contributed by atoms with van der Waals surface area (Å²) in [5, 5.41) is 10.6. The van der Waals surface area contributed by atoms with Gasteiger partial charge in [-0.2, -0.15) is 0 Å². The molecule has 2 atom stereocenters. The molecule has 2 N–H and O–H groups in total. The van der Waals surface area contributed by atoms with E-state index in [0.29, 0.717) is 30.2 Å². The van der Waals surface area contributed by atoms with Crippen molar-refractivity contribution in [3.05, 3.63) is 11.5 Å². The van der Waals surface area contributed by atoms with Crippen molar-refractivity contribution in [2.24, 2.45) is 5.92 Å². The number of carbonyl (C=O) groups excluding carboxylic acids is 1. The standard InChI is InChI=1S/C15H23N3O2/c1-3-13-15(9(2)20-18-13)17-14(19)8-10-6-11-4-5-12(7-10)16-11/h10-12,16H,3-8H2,1-2H3,(H,17,19). The molecule has 2 unspecified atom stereocenters. The number of nitrogens with zero attached hydrogens (tertiary/aromatic N) is 1. The largest absolute Gasteiger partial charge is 0.359 e. The van der Waals surface area contributed by atoms with Gasteiger partial charge in [0.25, 0.3) is 0 Å². The van der Waals surface area contributed by atoms with Crippen molar-refractivity contribution in [1.82, 2.24) is 10.5 Å². The fourth-order valence-electron chi connectivity index (χ4n) is 3.61. The molecule has 0 saturated carbocycles. The topological polar surface area (TPSA) is 67.2 Å². The van der Waals surface area contributed by atoms with Gasteiger partial charge in [0.15, 0.2) is 5.76 Å². The minimum atomic E-state index is 0.0947. The van der Waals surface area contributed by atoms with Gasteiger partial charge in [0, 0.05) is 18.5 Å². The lowest BCUT2D eigenvalue weighted by atomic mass is 9.89. The fourth-order valence-corrected chi connectivity index (χ4v) is 3.61. The molecule has 0 radical (unpaired) electrons. The first-order chi connectivity index (χ1) is 9.65. The maximum Gasteiger partial charge on any atom is 0.224 e. The van der Waals surface area contributed by atoms with Crippen LogP contribution < -0.4 is 10.6 Å². The van der Waals surface area contributed by atoms with Crippen molar-refractivity contribution in [2.45, 2.75) is 64.5 Å². The summed E-state index contributed by atoms with van der Waals surface area (Å²) in [6.07, 6.45) is 6.19. The van der Waals surface area contributed by atoms with Crippen LogP contribution in [0.15, 0.2) is 4.52 Å². The van der Waals surface area contributed by atoms with E-state index < -0.39 is 0 Å². The summed E-state index contributed by atoms with van der Waals surface area (Å²) in [4.78, 5) is 12.2. The van der Waals surface area contributed by atoms with Gasteiger partial charge in [0.05, 0.1) is 0 Å². The second kappa shape index (κ2) is 5.56. The summed E-state index contributed by atoms with van der Waals surface area (Å²) in [6, 6.07) is 1.27. The van der Waals surface area contributed by atoms with Gasteiger partial charge in [-0.25, -0.2) is 0 Å². The predicted octanol–water partition coefficient (Wildman–Crippen LogP) is 2.40. The van der Waals surface area contributed by atoms with Crippen LogP contribution in [-0.2, 0) is 11.2 Å². The molecule has 2 aliphatic heterocycles. The number of aromatic nitrogens is 1. The van der Waals surface area contributed by atoms with E-state index in [1.165, 1.54) is 12.8 Å². The zero-order chi connectivity index (χ0) is 14.1. The van der Waals surface area contributed by atoms with Crippen molar-refractivity contribution in [1.29, 1.82) is 0 Å². The smallest absolute Gasteiger partial charge is 0.224 e.